The van der Waals surface area contributed by atoms with Crippen LogP contribution in [0.15, 0.2) is 41.3 Å². The largest absolute Gasteiger partial charge is 0.328 e. The van der Waals surface area contributed by atoms with Gasteiger partial charge in [-0.15, -0.1) is 5.10 Å². The highest BCUT2D eigenvalue weighted by Crippen LogP contribution is 2.27. The Kier molecular flexibility index (Phi) is 3.59. The molecule has 0 saturated carbocycles. The first-order valence-electron chi connectivity index (χ1n) is 8.33. The van der Waals surface area contributed by atoms with Gasteiger partial charge in [-0.05, 0) is 37.0 Å². The second-order valence-electron chi connectivity index (χ2n) is 6.55. The predicted molar refractivity (Wildman–Crippen MR) is 93.0 cm³/mol. The van der Waals surface area contributed by atoms with E-state index in [0.29, 0.717) is 12.5 Å². The monoisotopic (exact) mass is 323 g/mol. The predicted octanol–water partition coefficient (Wildman–Crippen LogP) is 2.34. The Labute approximate surface area is 140 Å². The van der Waals surface area contributed by atoms with Crippen LogP contribution in [0, 0.1) is 0 Å². The van der Waals surface area contributed by atoms with Crippen molar-refractivity contribution in [3.8, 4) is 0 Å². The van der Waals surface area contributed by atoms with Crippen LogP contribution in [0.2, 0.25) is 0 Å². The number of aryl methyl sites for hydroxylation is 2. The maximum Gasteiger partial charge on any atom is 0.328 e. The third-order valence-electron chi connectivity index (χ3n) is 4.92. The molecule has 0 amide bonds. The number of hydrogen-bond donors (Lipinski definition) is 0. The Morgan fingerprint density at radius 2 is 2.00 bits per heavy atom. The number of nitrogens with zero attached hydrogens (tertiary/aromatic N) is 5. The molecule has 1 aliphatic carbocycles. The molecule has 1 aromatic carbocycles. The Morgan fingerprint density at radius 3 is 2.79 bits per heavy atom. The molecule has 6 nitrogen and oxygen atoms in total. The van der Waals surface area contributed by atoms with Crippen LogP contribution in [0.5, 0.6) is 0 Å². The second kappa shape index (κ2) is 5.78. The zero-order valence-electron chi connectivity index (χ0n) is 14.0. The van der Waals surface area contributed by atoms with E-state index in [0.717, 1.165) is 41.6 Å². The summed E-state index contributed by atoms with van der Waals surface area (Å²) in [6.45, 7) is 0.661. The van der Waals surface area contributed by atoms with Crippen LogP contribution in [-0.2, 0) is 20.6 Å². The summed E-state index contributed by atoms with van der Waals surface area (Å²) in [4.78, 5) is 12.0. The molecular weight excluding hydrogens is 302 g/mol. The number of imidazole rings is 1. The van der Waals surface area contributed by atoms with Crippen molar-refractivity contribution in [2.45, 2.75) is 31.7 Å². The lowest BCUT2D eigenvalue weighted by molar-refractivity contribution is 0.598. The fourth-order valence-corrected chi connectivity index (χ4v) is 3.48. The van der Waals surface area contributed by atoms with Gasteiger partial charge in [0.25, 0.3) is 0 Å². The number of allylic oxidation sites excluding steroid dienone is 2. The minimum atomic E-state index is -0.00412. The molecule has 0 N–H and O–H groups in total. The summed E-state index contributed by atoms with van der Waals surface area (Å²) >= 11 is 0. The summed E-state index contributed by atoms with van der Waals surface area (Å²) in [5.74, 6) is 0.487. The summed E-state index contributed by atoms with van der Waals surface area (Å²) in [5, 5.41) is 8.63. The molecule has 0 spiro atoms. The molecule has 2 heterocycles. The van der Waals surface area contributed by atoms with Crippen molar-refractivity contribution in [2.24, 2.45) is 14.1 Å². The van der Waals surface area contributed by atoms with Crippen molar-refractivity contribution in [1.29, 1.82) is 0 Å². The Balaban J connectivity index is 1.60. The van der Waals surface area contributed by atoms with Gasteiger partial charge >= 0.3 is 5.69 Å². The average molecular weight is 323 g/mol. The van der Waals surface area contributed by atoms with Crippen molar-refractivity contribution >= 4 is 11.0 Å². The summed E-state index contributed by atoms with van der Waals surface area (Å²) in [5.41, 5.74) is 4.07. The summed E-state index contributed by atoms with van der Waals surface area (Å²) in [6, 6.07) is 6.10. The highest BCUT2D eigenvalue weighted by molar-refractivity contribution is 5.76. The first-order chi connectivity index (χ1) is 11.6. The van der Waals surface area contributed by atoms with Crippen LogP contribution < -0.4 is 5.69 Å². The van der Waals surface area contributed by atoms with E-state index >= 15 is 0 Å². The third-order valence-corrected chi connectivity index (χ3v) is 4.92. The van der Waals surface area contributed by atoms with Crippen molar-refractivity contribution in [1.82, 2.24) is 24.1 Å². The molecule has 0 aliphatic heterocycles. The summed E-state index contributed by atoms with van der Waals surface area (Å²) in [6.07, 6.45) is 9.84. The lowest BCUT2D eigenvalue weighted by Crippen LogP contribution is -2.19. The van der Waals surface area contributed by atoms with E-state index < -0.39 is 0 Å². The van der Waals surface area contributed by atoms with Gasteiger partial charge in [-0.2, -0.15) is 0 Å². The molecular formula is C18H21N5O. The van der Waals surface area contributed by atoms with Gasteiger partial charge in [-0.3, -0.25) is 9.13 Å². The van der Waals surface area contributed by atoms with E-state index in [-0.39, 0.29) is 5.69 Å². The van der Waals surface area contributed by atoms with E-state index in [1.165, 1.54) is 0 Å². The SMILES string of the molecule is Cn1c(=O)n(C)c2cc(Cn3cc([C@@H]4CC=CCC4)nn3)ccc21. The van der Waals surface area contributed by atoms with Crippen LogP contribution in [-0.4, -0.2) is 24.1 Å². The molecule has 6 heteroatoms. The molecule has 0 bridgehead atoms. The maximum atomic E-state index is 12.0. The van der Waals surface area contributed by atoms with E-state index in [4.69, 9.17) is 0 Å². The van der Waals surface area contributed by atoms with Gasteiger partial charge in [0.05, 0.1) is 23.3 Å². The number of aromatic nitrogens is 5. The molecule has 24 heavy (non-hydrogen) atoms. The zero-order chi connectivity index (χ0) is 16.7. The molecule has 0 radical (unpaired) electrons. The highest BCUT2D eigenvalue weighted by Gasteiger charge is 2.16. The van der Waals surface area contributed by atoms with E-state index in [1.807, 2.05) is 16.8 Å². The summed E-state index contributed by atoms with van der Waals surface area (Å²) < 4.78 is 5.24. The fraction of sp³-hybridized carbons (Fsp3) is 0.389. The molecule has 0 unspecified atom stereocenters. The van der Waals surface area contributed by atoms with E-state index in [9.17, 15) is 4.79 Å². The molecule has 124 valence electrons. The van der Waals surface area contributed by atoms with Crippen molar-refractivity contribution in [2.75, 3.05) is 0 Å². The van der Waals surface area contributed by atoms with Crippen LogP contribution >= 0.6 is 0 Å². The normalized spacial score (nSPS) is 17.7. The Bertz CT molecular complexity index is 975. The van der Waals surface area contributed by atoms with E-state index in [2.05, 4.69) is 34.7 Å². The quantitative estimate of drug-likeness (QED) is 0.695. The van der Waals surface area contributed by atoms with Crippen molar-refractivity contribution in [3.05, 3.63) is 58.3 Å². The van der Waals surface area contributed by atoms with Gasteiger partial charge in [0.2, 0.25) is 0 Å². The maximum absolute atomic E-state index is 12.0. The minimum Gasteiger partial charge on any atom is -0.295 e. The van der Waals surface area contributed by atoms with Gasteiger partial charge in [0, 0.05) is 26.2 Å². The van der Waals surface area contributed by atoms with Crippen LogP contribution in [0.4, 0.5) is 0 Å². The highest BCUT2D eigenvalue weighted by atomic mass is 16.1. The molecule has 0 fully saturated rings. The van der Waals surface area contributed by atoms with Crippen LogP contribution in [0.1, 0.15) is 36.4 Å². The number of benzene rings is 1. The standard InChI is InChI=1S/C18H21N5O/c1-21-16-9-8-13(10-17(16)22(2)18(21)24)11-23-12-15(19-20-23)14-6-4-3-5-7-14/h3-4,8-10,12,14H,5-7,11H2,1-2H3/t14-/m1/s1. The first kappa shape index (κ1) is 14.9. The van der Waals surface area contributed by atoms with Crippen molar-refractivity contribution in [3.63, 3.8) is 0 Å². The molecule has 2 aromatic heterocycles. The number of hydrogen-bond acceptors (Lipinski definition) is 3. The zero-order valence-corrected chi connectivity index (χ0v) is 14.0. The average Bonchev–Trinajstić information content (AvgIpc) is 3.16. The fourth-order valence-electron chi connectivity index (χ4n) is 3.48. The molecule has 1 aliphatic rings. The van der Waals surface area contributed by atoms with Crippen LogP contribution in [0.3, 0.4) is 0 Å². The Morgan fingerprint density at radius 1 is 1.17 bits per heavy atom. The molecule has 1 atom stereocenters. The van der Waals surface area contributed by atoms with Gasteiger partial charge in [-0.25, -0.2) is 9.48 Å². The lowest BCUT2D eigenvalue weighted by atomic mass is 9.92. The van der Waals surface area contributed by atoms with Gasteiger partial charge in [0.1, 0.15) is 0 Å². The first-order valence-corrected chi connectivity index (χ1v) is 8.33. The molecule has 3 aromatic rings. The lowest BCUT2D eigenvalue weighted by Gasteiger charge is -2.13. The van der Waals surface area contributed by atoms with Crippen molar-refractivity contribution < 1.29 is 0 Å². The topological polar surface area (TPSA) is 57.6 Å². The summed E-state index contributed by atoms with van der Waals surface area (Å²) in [7, 11) is 3.60. The minimum absolute atomic E-state index is 0.00412. The van der Waals surface area contributed by atoms with Crippen LogP contribution in [0.25, 0.3) is 11.0 Å². The van der Waals surface area contributed by atoms with E-state index in [1.54, 1.807) is 23.2 Å². The number of fused-ring (bicyclic) bond motifs is 1. The van der Waals surface area contributed by atoms with Gasteiger partial charge < -0.3 is 0 Å². The second-order valence-corrected chi connectivity index (χ2v) is 6.55. The number of rotatable bonds is 3. The molecule has 0 saturated heterocycles. The smallest absolute Gasteiger partial charge is 0.295 e. The molecule has 4 rings (SSSR count). The third kappa shape index (κ3) is 2.48. The Hall–Kier alpha value is -2.63. The van der Waals surface area contributed by atoms with Gasteiger partial charge in [0.15, 0.2) is 0 Å². The van der Waals surface area contributed by atoms with Gasteiger partial charge in [-0.1, -0.05) is 23.4 Å².